The molecule has 0 unspecified atom stereocenters. The van der Waals surface area contributed by atoms with Crippen molar-refractivity contribution in [2.45, 2.75) is 19.9 Å². The second-order valence-electron chi connectivity index (χ2n) is 9.23. The number of methoxy groups -OCH3 is 2. The molecule has 4 aromatic rings. The minimum atomic E-state index is -1.13. The number of rotatable bonds is 8. The molecule has 0 spiro atoms. The highest BCUT2D eigenvalue weighted by molar-refractivity contribution is 9.10. The van der Waals surface area contributed by atoms with E-state index < -0.39 is 23.5 Å². The minimum Gasteiger partial charge on any atom is -0.493 e. The van der Waals surface area contributed by atoms with Crippen LogP contribution in [0.15, 0.2) is 72.4 Å². The molecule has 1 aliphatic heterocycles. The van der Waals surface area contributed by atoms with Gasteiger partial charge in [0.15, 0.2) is 16.3 Å². The van der Waals surface area contributed by atoms with Crippen molar-refractivity contribution in [1.29, 1.82) is 0 Å². The standard InChI is InChI=1S/C30H24BrClN2O8S/c1-5-41-29(38)25-14(2)33-30-34(26(25)18-12-22(39-3)23(40-4)13-19(18)31)27(35)24(43-30)11-16-7-9-21(42-16)15-6-8-17(28(36)37)20(32)10-15/h6-13,26H,5H2,1-4H3,(H,36,37)/b24-11-/t26-/m0/s1. The number of benzene rings is 2. The van der Waals surface area contributed by atoms with Crippen LogP contribution in [0.25, 0.3) is 17.4 Å². The van der Waals surface area contributed by atoms with Crippen LogP contribution in [0.1, 0.15) is 41.6 Å². The van der Waals surface area contributed by atoms with Gasteiger partial charge in [-0.15, -0.1) is 0 Å². The van der Waals surface area contributed by atoms with Crippen molar-refractivity contribution in [1.82, 2.24) is 4.57 Å². The predicted octanol–water partition coefficient (Wildman–Crippen LogP) is 5.19. The number of thiazole rings is 1. The van der Waals surface area contributed by atoms with Gasteiger partial charge in [0.25, 0.3) is 5.56 Å². The van der Waals surface area contributed by atoms with Crippen molar-refractivity contribution < 1.29 is 33.3 Å². The molecule has 43 heavy (non-hydrogen) atoms. The maximum absolute atomic E-state index is 14.0. The fraction of sp³-hybridized carbons (Fsp3) is 0.200. The number of hydrogen-bond acceptors (Lipinski definition) is 9. The van der Waals surface area contributed by atoms with E-state index in [1.165, 1.54) is 30.9 Å². The van der Waals surface area contributed by atoms with Gasteiger partial charge < -0.3 is 23.7 Å². The molecule has 5 rings (SSSR count). The third-order valence-electron chi connectivity index (χ3n) is 6.70. The number of fused-ring (bicyclic) bond motifs is 1. The summed E-state index contributed by atoms with van der Waals surface area (Å²) in [6, 6.07) is 10.4. The lowest BCUT2D eigenvalue weighted by atomic mass is 9.95. The molecule has 0 saturated carbocycles. The highest BCUT2D eigenvalue weighted by Crippen LogP contribution is 2.40. The number of carbonyl (C=O) groups excluding carboxylic acids is 1. The molecule has 1 aliphatic rings. The van der Waals surface area contributed by atoms with Crippen LogP contribution in [0.5, 0.6) is 11.5 Å². The maximum Gasteiger partial charge on any atom is 0.338 e. The summed E-state index contributed by atoms with van der Waals surface area (Å²) in [6.07, 6.45) is 1.59. The predicted molar refractivity (Wildman–Crippen MR) is 164 cm³/mol. The number of halogens is 2. The first kappa shape index (κ1) is 30.3. The van der Waals surface area contributed by atoms with Crippen molar-refractivity contribution >= 4 is 56.9 Å². The van der Waals surface area contributed by atoms with Crippen molar-refractivity contribution in [3.8, 4) is 22.8 Å². The van der Waals surface area contributed by atoms with Gasteiger partial charge in [0, 0.05) is 16.1 Å². The monoisotopic (exact) mass is 686 g/mol. The first-order chi connectivity index (χ1) is 20.6. The van der Waals surface area contributed by atoms with Crippen LogP contribution < -0.4 is 24.4 Å². The molecule has 0 saturated heterocycles. The van der Waals surface area contributed by atoms with E-state index in [9.17, 15) is 19.5 Å². The number of ether oxygens (including phenoxy) is 3. The van der Waals surface area contributed by atoms with E-state index in [0.29, 0.717) is 53.6 Å². The molecule has 2 aromatic heterocycles. The summed E-state index contributed by atoms with van der Waals surface area (Å²) < 4.78 is 24.6. The van der Waals surface area contributed by atoms with Crippen LogP contribution in [0.4, 0.5) is 0 Å². The highest BCUT2D eigenvalue weighted by atomic mass is 79.9. The third-order valence-corrected chi connectivity index (χ3v) is 8.68. The molecule has 1 atom stereocenters. The fourth-order valence-corrected chi connectivity index (χ4v) is 6.55. The second kappa shape index (κ2) is 12.2. The molecule has 2 aromatic carbocycles. The lowest BCUT2D eigenvalue weighted by molar-refractivity contribution is -0.139. The van der Waals surface area contributed by atoms with Gasteiger partial charge in [0.2, 0.25) is 0 Å². The Balaban J connectivity index is 1.65. The van der Waals surface area contributed by atoms with Gasteiger partial charge in [-0.25, -0.2) is 14.6 Å². The lowest BCUT2D eigenvalue weighted by Crippen LogP contribution is -2.40. The van der Waals surface area contributed by atoms with Crippen LogP contribution >= 0.6 is 38.9 Å². The molecule has 10 nitrogen and oxygen atoms in total. The van der Waals surface area contributed by atoms with Crippen molar-refractivity contribution in [2.24, 2.45) is 4.99 Å². The second-order valence-corrected chi connectivity index (χ2v) is 11.5. The molecule has 0 fully saturated rings. The topological polar surface area (TPSA) is 130 Å². The van der Waals surface area contributed by atoms with Gasteiger partial charge in [0.1, 0.15) is 11.5 Å². The van der Waals surface area contributed by atoms with Crippen LogP contribution in [-0.2, 0) is 9.53 Å². The van der Waals surface area contributed by atoms with Gasteiger partial charge in [-0.05, 0) is 55.8 Å². The summed E-state index contributed by atoms with van der Waals surface area (Å²) in [5.41, 5.74) is 1.37. The largest absolute Gasteiger partial charge is 0.493 e. The smallest absolute Gasteiger partial charge is 0.338 e. The SMILES string of the molecule is CCOC(=O)C1=C(C)N=c2s/c(=C\c3ccc(-c4ccc(C(=O)O)c(Cl)c4)o3)c(=O)n2[C@H]1c1cc(OC)c(OC)cc1Br. The maximum atomic E-state index is 14.0. The van der Waals surface area contributed by atoms with E-state index in [4.69, 9.17) is 30.2 Å². The molecule has 0 bridgehead atoms. The molecule has 1 N–H and O–H groups in total. The number of carbonyl (C=O) groups is 2. The number of aromatic nitrogens is 1. The molecule has 0 aliphatic carbocycles. The average Bonchev–Trinajstić information content (AvgIpc) is 3.56. The van der Waals surface area contributed by atoms with Crippen molar-refractivity contribution in [3.63, 3.8) is 0 Å². The van der Waals surface area contributed by atoms with Gasteiger partial charge in [-0.3, -0.25) is 9.36 Å². The summed E-state index contributed by atoms with van der Waals surface area (Å²) in [5, 5.41) is 9.32. The number of furan rings is 1. The zero-order valence-corrected chi connectivity index (χ0v) is 26.4. The Labute approximate surface area is 262 Å². The van der Waals surface area contributed by atoms with E-state index in [0.717, 1.165) is 11.3 Å². The zero-order chi connectivity index (χ0) is 31.0. The summed E-state index contributed by atoms with van der Waals surface area (Å²) >= 11 is 10.9. The Kier molecular flexibility index (Phi) is 8.63. The number of nitrogens with zero attached hydrogens (tertiary/aromatic N) is 2. The minimum absolute atomic E-state index is 0.0218. The molecular formula is C30H24BrClN2O8S. The number of carboxylic acids is 1. The summed E-state index contributed by atoms with van der Waals surface area (Å²) in [7, 11) is 3.02. The van der Waals surface area contributed by atoms with E-state index >= 15 is 0 Å². The van der Waals surface area contributed by atoms with E-state index in [1.807, 2.05) is 0 Å². The normalized spacial score (nSPS) is 14.7. The van der Waals surface area contributed by atoms with Crippen LogP contribution in [0.3, 0.4) is 0 Å². The Morgan fingerprint density at radius 2 is 1.88 bits per heavy atom. The molecule has 3 heterocycles. The van der Waals surface area contributed by atoms with E-state index in [1.54, 1.807) is 50.3 Å². The first-order valence-corrected chi connectivity index (χ1v) is 14.8. The third kappa shape index (κ3) is 5.65. The Morgan fingerprint density at radius 3 is 2.53 bits per heavy atom. The summed E-state index contributed by atoms with van der Waals surface area (Å²) in [5.74, 6) is -0.0224. The molecular weight excluding hydrogens is 664 g/mol. The summed E-state index contributed by atoms with van der Waals surface area (Å²) in [6.45, 7) is 3.55. The number of esters is 1. The van der Waals surface area contributed by atoms with Gasteiger partial charge in [0.05, 0.1) is 53.3 Å². The van der Waals surface area contributed by atoms with E-state index in [2.05, 4.69) is 20.9 Å². The number of aromatic carboxylic acids is 1. The lowest BCUT2D eigenvalue weighted by Gasteiger charge is -2.26. The van der Waals surface area contributed by atoms with Crippen molar-refractivity contribution in [2.75, 3.05) is 20.8 Å². The average molecular weight is 688 g/mol. The number of hydrogen-bond donors (Lipinski definition) is 1. The van der Waals surface area contributed by atoms with Crippen molar-refractivity contribution in [3.05, 3.63) is 99.8 Å². The van der Waals surface area contributed by atoms with Gasteiger partial charge >= 0.3 is 11.9 Å². The fourth-order valence-electron chi connectivity index (χ4n) is 4.72. The molecule has 0 amide bonds. The van der Waals surface area contributed by atoms with Crippen LogP contribution in [0.2, 0.25) is 5.02 Å². The van der Waals surface area contributed by atoms with Crippen LogP contribution in [0, 0.1) is 0 Å². The summed E-state index contributed by atoms with van der Waals surface area (Å²) in [4.78, 5) is 43.5. The van der Waals surface area contributed by atoms with Crippen LogP contribution in [-0.4, -0.2) is 42.4 Å². The Morgan fingerprint density at radius 1 is 1.16 bits per heavy atom. The molecule has 222 valence electrons. The van der Waals surface area contributed by atoms with E-state index in [-0.39, 0.29) is 22.8 Å². The highest BCUT2D eigenvalue weighted by Gasteiger charge is 2.35. The van der Waals surface area contributed by atoms with Gasteiger partial charge in [-0.2, -0.15) is 0 Å². The number of carboxylic acid groups (broad SMARTS) is 1. The quantitative estimate of drug-likeness (QED) is 0.251. The molecule has 0 radical (unpaired) electrons. The van der Waals surface area contributed by atoms with Gasteiger partial charge in [-0.1, -0.05) is 44.9 Å². The molecule has 13 heteroatoms. The Bertz CT molecular complexity index is 1990. The Hall–Kier alpha value is -4.13. The first-order valence-electron chi connectivity index (χ1n) is 12.8. The number of allylic oxidation sites excluding steroid dienone is 1. The zero-order valence-electron chi connectivity index (χ0n) is 23.3.